The second kappa shape index (κ2) is 3.84. The lowest BCUT2D eigenvalue weighted by Crippen LogP contribution is -2.39. The van der Waals surface area contributed by atoms with Crippen LogP contribution in [0.3, 0.4) is 0 Å². The van der Waals surface area contributed by atoms with Crippen LogP contribution < -0.4 is 0 Å². The number of hydrogen-bond acceptors (Lipinski definition) is 3. The number of aliphatic hydroxyl groups excluding tert-OH is 1. The monoisotopic (exact) mass is 232 g/mol. The first-order valence-electron chi connectivity index (χ1n) is 6.17. The summed E-state index contributed by atoms with van der Waals surface area (Å²) in [5.74, 6) is 0.747. The van der Waals surface area contributed by atoms with E-state index in [0.29, 0.717) is 5.57 Å². The Bertz CT molecular complexity index is 456. The van der Waals surface area contributed by atoms with E-state index in [1.807, 2.05) is 25.2 Å². The molecule has 0 radical (unpaired) electrons. The van der Waals surface area contributed by atoms with E-state index in [0.717, 1.165) is 30.6 Å². The summed E-state index contributed by atoms with van der Waals surface area (Å²) in [6, 6.07) is 0. The van der Waals surface area contributed by atoms with Crippen molar-refractivity contribution < 1.29 is 14.6 Å². The summed E-state index contributed by atoms with van der Waals surface area (Å²) in [5, 5.41) is 10.0. The number of ether oxygens (including phenoxy) is 1. The number of allylic oxidation sites excluding steroid dienone is 4. The van der Waals surface area contributed by atoms with E-state index in [-0.39, 0.29) is 17.8 Å². The molecule has 0 aromatic rings. The Morgan fingerprint density at radius 3 is 3.12 bits per heavy atom. The molecule has 3 aliphatic rings. The number of carbonyl (C=O) groups excluding carboxylic acids is 1. The first-order chi connectivity index (χ1) is 8.18. The highest BCUT2D eigenvalue weighted by atomic mass is 16.5. The lowest BCUT2D eigenvalue weighted by molar-refractivity contribution is -0.123. The number of fused-ring (bicyclic) bond motifs is 2. The minimum atomic E-state index is -0.980. The first-order valence-corrected chi connectivity index (χ1v) is 6.17. The normalized spacial score (nSPS) is 36.0. The summed E-state index contributed by atoms with van der Waals surface area (Å²) in [6.45, 7) is 2.04. The third-order valence-electron chi connectivity index (χ3n) is 3.80. The zero-order valence-corrected chi connectivity index (χ0v) is 9.85. The molecule has 90 valence electrons. The molecule has 0 fully saturated rings. The zero-order valence-electron chi connectivity index (χ0n) is 9.85. The molecule has 1 aliphatic heterocycles. The Kier molecular flexibility index (Phi) is 2.44. The van der Waals surface area contributed by atoms with Crippen LogP contribution in [0.15, 0.2) is 35.1 Å². The molecule has 0 saturated heterocycles. The van der Waals surface area contributed by atoms with Crippen molar-refractivity contribution in [1.82, 2.24) is 0 Å². The molecule has 0 bridgehead atoms. The number of hydrogen-bond donors (Lipinski definition) is 1. The lowest BCUT2D eigenvalue weighted by Gasteiger charge is -2.38. The second-order valence-corrected chi connectivity index (χ2v) is 4.96. The Balaban J connectivity index is 2.08. The molecule has 0 aromatic carbocycles. The van der Waals surface area contributed by atoms with Gasteiger partial charge in [0.1, 0.15) is 11.9 Å². The first kappa shape index (κ1) is 10.8. The molecule has 1 heterocycles. The largest absolute Gasteiger partial charge is 0.494 e. The average molecular weight is 232 g/mol. The maximum atomic E-state index is 12.1. The third kappa shape index (κ3) is 1.57. The molecule has 1 N–H and O–H groups in total. The van der Waals surface area contributed by atoms with Crippen molar-refractivity contribution in [3.8, 4) is 0 Å². The van der Waals surface area contributed by atoms with Crippen LogP contribution in [0.5, 0.6) is 0 Å². The fraction of sp³-hybridized carbons (Fsp3) is 0.500. The van der Waals surface area contributed by atoms with E-state index >= 15 is 0 Å². The van der Waals surface area contributed by atoms with Gasteiger partial charge in [0, 0.05) is 17.1 Å². The molecule has 3 heteroatoms. The van der Waals surface area contributed by atoms with Gasteiger partial charge in [-0.25, -0.2) is 0 Å². The van der Waals surface area contributed by atoms with E-state index in [1.165, 1.54) is 0 Å². The zero-order chi connectivity index (χ0) is 12.0. The second-order valence-electron chi connectivity index (χ2n) is 4.96. The molecule has 0 aromatic heterocycles. The van der Waals surface area contributed by atoms with Gasteiger partial charge < -0.3 is 9.84 Å². The summed E-state index contributed by atoms with van der Waals surface area (Å²) < 4.78 is 5.87. The van der Waals surface area contributed by atoms with Gasteiger partial charge in [-0.15, -0.1) is 0 Å². The highest BCUT2D eigenvalue weighted by Gasteiger charge is 2.41. The van der Waals surface area contributed by atoms with E-state index in [4.69, 9.17) is 4.74 Å². The summed E-state index contributed by atoms with van der Waals surface area (Å²) in [4.78, 5) is 12.1. The number of Topliss-reactive ketones (excluding diaryl/α,β-unsaturated/α-hetero) is 1. The van der Waals surface area contributed by atoms with E-state index in [9.17, 15) is 9.90 Å². The van der Waals surface area contributed by atoms with Crippen molar-refractivity contribution in [3.05, 3.63) is 35.1 Å². The predicted molar refractivity (Wildman–Crippen MR) is 63.2 cm³/mol. The van der Waals surface area contributed by atoms with Crippen LogP contribution in [0.1, 0.15) is 26.2 Å². The standard InChI is InChI=1S/C14H16O3/c1-8-6-7-11-13(16)12(15)9-4-2-3-5-10(9)14(11)17-8/h2-4,8,10,13,16H,5-7H2,1H3. The SMILES string of the molecule is CC1CCC2=C(O1)C1CC=CC=C1C(=O)C2O. The Hall–Kier alpha value is -1.35. The minimum Gasteiger partial charge on any atom is -0.494 e. The van der Waals surface area contributed by atoms with E-state index in [1.54, 1.807) is 0 Å². The summed E-state index contributed by atoms with van der Waals surface area (Å²) in [7, 11) is 0. The van der Waals surface area contributed by atoms with Gasteiger partial charge in [-0.1, -0.05) is 18.2 Å². The molecule has 3 nitrogen and oxygen atoms in total. The van der Waals surface area contributed by atoms with Gasteiger partial charge in [-0.05, 0) is 26.2 Å². The maximum absolute atomic E-state index is 12.1. The van der Waals surface area contributed by atoms with E-state index in [2.05, 4.69) is 0 Å². The highest BCUT2D eigenvalue weighted by molar-refractivity contribution is 6.03. The Morgan fingerprint density at radius 1 is 1.47 bits per heavy atom. The Labute approximate surface area is 100 Å². The molecule has 17 heavy (non-hydrogen) atoms. The molecule has 0 saturated carbocycles. The molecule has 0 spiro atoms. The quantitative estimate of drug-likeness (QED) is 0.693. The van der Waals surface area contributed by atoms with Crippen LogP contribution in [-0.4, -0.2) is 23.1 Å². The fourth-order valence-corrected chi connectivity index (χ4v) is 2.86. The van der Waals surface area contributed by atoms with Crippen LogP contribution in [0.25, 0.3) is 0 Å². The van der Waals surface area contributed by atoms with Crippen molar-refractivity contribution in [3.63, 3.8) is 0 Å². The van der Waals surface area contributed by atoms with Crippen molar-refractivity contribution >= 4 is 5.78 Å². The number of ketones is 1. The predicted octanol–water partition coefficient (Wildman–Crippen LogP) is 1.89. The van der Waals surface area contributed by atoms with Gasteiger partial charge >= 0.3 is 0 Å². The van der Waals surface area contributed by atoms with Crippen molar-refractivity contribution in [2.75, 3.05) is 0 Å². The van der Waals surface area contributed by atoms with Crippen LogP contribution in [0.2, 0.25) is 0 Å². The number of carbonyl (C=O) groups is 1. The third-order valence-corrected chi connectivity index (χ3v) is 3.80. The van der Waals surface area contributed by atoms with Crippen molar-refractivity contribution in [1.29, 1.82) is 0 Å². The van der Waals surface area contributed by atoms with Gasteiger partial charge in [0.25, 0.3) is 0 Å². The maximum Gasteiger partial charge on any atom is 0.192 e. The molecule has 3 unspecified atom stereocenters. The minimum absolute atomic E-state index is 0.0358. The fourth-order valence-electron chi connectivity index (χ4n) is 2.86. The molecule has 3 rings (SSSR count). The van der Waals surface area contributed by atoms with Crippen LogP contribution in [0, 0.1) is 5.92 Å². The van der Waals surface area contributed by atoms with Gasteiger partial charge in [0.15, 0.2) is 5.78 Å². The number of aliphatic hydroxyl groups is 1. The topological polar surface area (TPSA) is 46.5 Å². The van der Waals surface area contributed by atoms with E-state index < -0.39 is 6.10 Å². The number of rotatable bonds is 0. The van der Waals surface area contributed by atoms with Gasteiger partial charge in [-0.3, -0.25) is 4.79 Å². The van der Waals surface area contributed by atoms with Crippen LogP contribution in [0.4, 0.5) is 0 Å². The molecule has 2 aliphatic carbocycles. The molecule has 3 atom stereocenters. The average Bonchev–Trinajstić information content (AvgIpc) is 2.36. The van der Waals surface area contributed by atoms with Crippen LogP contribution >= 0.6 is 0 Å². The Morgan fingerprint density at radius 2 is 2.29 bits per heavy atom. The molecular formula is C14H16O3. The molecular weight excluding hydrogens is 216 g/mol. The van der Waals surface area contributed by atoms with Gasteiger partial charge in [0.05, 0.1) is 6.10 Å². The van der Waals surface area contributed by atoms with Crippen molar-refractivity contribution in [2.24, 2.45) is 5.92 Å². The van der Waals surface area contributed by atoms with Crippen molar-refractivity contribution in [2.45, 2.75) is 38.4 Å². The van der Waals surface area contributed by atoms with Gasteiger partial charge in [0.2, 0.25) is 0 Å². The van der Waals surface area contributed by atoms with Gasteiger partial charge in [-0.2, -0.15) is 0 Å². The molecule has 0 amide bonds. The summed E-state index contributed by atoms with van der Waals surface area (Å²) >= 11 is 0. The smallest absolute Gasteiger partial charge is 0.192 e. The van der Waals surface area contributed by atoms with Crippen LogP contribution in [-0.2, 0) is 9.53 Å². The summed E-state index contributed by atoms with van der Waals surface area (Å²) in [5.41, 5.74) is 1.51. The lowest BCUT2D eigenvalue weighted by atomic mass is 9.75. The summed E-state index contributed by atoms with van der Waals surface area (Å²) in [6.07, 6.45) is 7.40. The highest BCUT2D eigenvalue weighted by Crippen LogP contribution is 2.42.